The minimum Gasteiger partial charge on any atom is -0.497 e. The molecule has 2 aliphatic rings. The minimum atomic E-state index is -0.465. The predicted octanol–water partition coefficient (Wildman–Crippen LogP) is 2.53. The van der Waals surface area contributed by atoms with E-state index in [4.69, 9.17) is 9.47 Å². The number of carbonyl (C=O) groups excluding carboxylic acids is 3. The lowest BCUT2D eigenvalue weighted by Gasteiger charge is -2.19. The van der Waals surface area contributed by atoms with Crippen molar-refractivity contribution < 1.29 is 23.9 Å². The second kappa shape index (κ2) is 11.3. The second-order valence-electron chi connectivity index (χ2n) is 7.77. The summed E-state index contributed by atoms with van der Waals surface area (Å²) in [4.78, 5) is 36.1. The molecule has 31 heavy (non-hydrogen) atoms. The Bertz CT molecular complexity index is 790. The number of rotatable bonds is 11. The van der Waals surface area contributed by atoms with Gasteiger partial charge in [0.15, 0.2) is 0 Å². The number of esters is 1. The molecule has 2 fully saturated rings. The van der Waals surface area contributed by atoms with Gasteiger partial charge in [0.2, 0.25) is 5.91 Å². The summed E-state index contributed by atoms with van der Waals surface area (Å²) in [5.74, 6) is 1.16. The van der Waals surface area contributed by atoms with Crippen LogP contribution < -0.4 is 20.7 Å². The molecule has 0 aliphatic carbocycles. The molecule has 0 saturated carbocycles. The van der Waals surface area contributed by atoms with Gasteiger partial charge >= 0.3 is 12.0 Å². The number of hydrogen-bond donors (Lipinski definition) is 3. The molecular formula is C22H31N3O5S. The van der Waals surface area contributed by atoms with Crippen LogP contribution in [0.1, 0.15) is 50.6 Å². The van der Waals surface area contributed by atoms with Crippen LogP contribution in [0, 0.1) is 0 Å². The fourth-order valence-corrected chi connectivity index (χ4v) is 5.58. The molecule has 170 valence electrons. The lowest BCUT2D eigenvalue weighted by molar-refractivity contribution is -0.143. The molecule has 3 rings (SSSR count). The van der Waals surface area contributed by atoms with E-state index in [1.165, 1.54) is 0 Å². The highest BCUT2D eigenvalue weighted by Crippen LogP contribution is 2.33. The third-order valence-corrected chi connectivity index (χ3v) is 7.10. The molecule has 2 heterocycles. The van der Waals surface area contributed by atoms with Crippen molar-refractivity contribution in [1.82, 2.24) is 16.0 Å². The zero-order chi connectivity index (χ0) is 22.2. The molecule has 0 spiro atoms. The number of ether oxygens (including phenoxy) is 2. The fourth-order valence-electron chi connectivity index (χ4n) is 4.04. The maximum Gasteiger partial charge on any atom is 0.315 e. The standard InChI is InChI=1S/C22H31N3O5S/c1-3-30-20(27)12-16(14-7-6-8-15(11-14)29-2)23-19(26)10-5-4-9-18-21-17(13-31-18)24-22(28)25-21/h6-8,11,16-18,21H,3-5,9-10,12-13H2,1-2H3,(H,23,26)(H2,24,25,28)/t16-,17+,18+,21+/m1/s1. The summed E-state index contributed by atoms with van der Waals surface area (Å²) in [6.45, 7) is 2.06. The van der Waals surface area contributed by atoms with Crippen molar-refractivity contribution in [2.45, 2.75) is 62.4 Å². The maximum absolute atomic E-state index is 12.6. The monoisotopic (exact) mass is 449 g/mol. The summed E-state index contributed by atoms with van der Waals surface area (Å²) in [6.07, 6.45) is 3.08. The number of hydrogen-bond acceptors (Lipinski definition) is 6. The summed E-state index contributed by atoms with van der Waals surface area (Å²) >= 11 is 1.88. The van der Waals surface area contributed by atoms with Crippen molar-refractivity contribution in [3.63, 3.8) is 0 Å². The van der Waals surface area contributed by atoms with Crippen LogP contribution in [0.2, 0.25) is 0 Å². The van der Waals surface area contributed by atoms with Crippen molar-refractivity contribution in [3.05, 3.63) is 29.8 Å². The lowest BCUT2D eigenvalue weighted by Crippen LogP contribution is -2.36. The summed E-state index contributed by atoms with van der Waals surface area (Å²) in [5.41, 5.74) is 0.804. The average Bonchev–Trinajstić information content (AvgIpc) is 3.30. The van der Waals surface area contributed by atoms with E-state index >= 15 is 0 Å². The van der Waals surface area contributed by atoms with Crippen LogP contribution >= 0.6 is 11.8 Å². The van der Waals surface area contributed by atoms with Crippen LogP contribution in [0.5, 0.6) is 5.75 Å². The molecule has 3 N–H and O–H groups in total. The SMILES string of the molecule is CCOC(=O)C[C@@H](NC(=O)CCCC[C@@H]1SC[C@@H]2NC(=O)N[C@@H]21)c1cccc(OC)c1. The molecule has 0 bridgehead atoms. The second-order valence-corrected chi connectivity index (χ2v) is 9.05. The first-order valence-electron chi connectivity index (χ1n) is 10.8. The van der Waals surface area contributed by atoms with Crippen LogP contribution in [0.15, 0.2) is 24.3 Å². The summed E-state index contributed by atoms with van der Waals surface area (Å²) < 4.78 is 10.3. The zero-order valence-corrected chi connectivity index (χ0v) is 18.8. The Morgan fingerprint density at radius 1 is 1.29 bits per heavy atom. The van der Waals surface area contributed by atoms with E-state index in [9.17, 15) is 14.4 Å². The van der Waals surface area contributed by atoms with Gasteiger partial charge in [-0.2, -0.15) is 11.8 Å². The Labute approximate surface area is 187 Å². The molecule has 0 aromatic heterocycles. The number of nitrogens with one attached hydrogen (secondary N) is 3. The highest BCUT2D eigenvalue weighted by atomic mass is 32.2. The highest BCUT2D eigenvalue weighted by Gasteiger charge is 2.42. The van der Waals surface area contributed by atoms with Gasteiger partial charge < -0.3 is 25.4 Å². The summed E-state index contributed by atoms with van der Waals surface area (Å²) in [6, 6.07) is 7.21. The number of carbonyl (C=O) groups is 3. The molecule has 8 nitrogen and oxygen atoms in total. The number of amides is 3. The lowest BCUT2D eigenvalue weighted by atomic mass is 10.0. The molecule has 0 unspecified atom stereocenters. The van der Waals surface area contributed by atoms with Gasteiger partial charge in [-0.3, -0.25) is 9.59 Å². The third-order valence-electron chi connectivity index (χ3n) is 5.59. The van der Waals surface area contributed by atoms with E-state index in [1.807, 2.05) is 36.0 Å². The normalized spacial score (nSPS) is 22.8. The fraction of sp³-hybridized carbons (Fsp3) is 0.591. The van der Waals surface area contributed by atoms with Gasteiger partial charge in [0, 0.05) is 17.4 Å². The van der Waals surface area contributed by atoms with Crippen molar-refractivity contribution in [1.29, 1.82) is 0 Å². The first-order valence-corrected chi connectivity index (χ1v) is 11.8. The number of unbranched alkanes of at least 4 members (excludes halogenated alkanes) is 1. The molecule has 4 atom stereocenters. The van der Waals surface area contributed by atoms with Crippen LogP contribution in [-0.4, -0.2) is 54.7 Å². The molecule has 9 heteroatoms. The Balaban J connectivity index is 1.47. The van der Waals surface area contributed by atoms with Gasteiger partial charge in [-0.25, -0.2) is 4.79 Å². The van der Waals surface area contributed by atoms with Gasteiger partial charge in [0.05, 0.1) is 38.3 Å². The number of thioether (sulfide) groups is 1. The molecule has 2 saturated heterocycles. The van der Waals surface area contributed by atoms with Gasteiger partial charge in [-0.05, 0) is 37.5 Å². The predicted molar refractivity (Wildman–Crippen MR) is 119 cm³/mol. The Kier molecular flexibility index (Phi) is 8.45. The molecule has 0 radical (unpaired) electrons. The first kappa shape index (κ1) is 23.2. The first-order chi connectivity index (χ1) is 15.0. The zero-order valence-electron chi connectivity index (χ0n) is 18.0. The van der Waals surface area contributed by atoms with Gasteiger partial charge in [0.25, 0.3) is 0 Å². The van der Waals surface area contributed by atoms with Crippen molar-refractivity contribution in [2.24, 2.45) is 0 Å². The maximum atomic E-state index is 12.6. The topological polar surface area (TPSA) is 106 Å². The Morgan fingerprint density at radius 2 is 2.13 bits per heavy atom. The van der Waals surface area contributed by atoms with Crippen LogP contribution in [0.3, 0.4) is 0 Å². The van der Waals surface area contributed by atoms with E-state index in [-0.39, 0.29) is 36.4 Å². The van der Waals surface area contributed by atoms with Crippen LogP contribution in [-0.2, 0) is 14.3 Å². The van der Waals surface area contributed by atoms with Crippen molar-refractivity contribution in [3.8, 4) is 5.75 Å². The Morgan fingerprint density at radius 3 is 2.90 bits per heavy atom. The van der Waals surface area contributed by atoms with Gasteiger partial charge in [-0.1, -0.05) is 18.6 Å². The third kappa shape index (κ3) is 6.53. The van der Waals surface area contributed by atoms with Crippen molar-refractivity contribution >= 4 is 29.7 Å². The number of urea groups is 1. The van der Waals surface area contributed by atoms with Gasteiger partial charge in [0.1, 0.15) is 5.75 Å². The van der Waals surface area contributed by atoms with Crippen LogP contribution in [0.25, 0.3) is 0 Å². The quantitative estimate of drug-likeness (QED) is 0.272. The number of methoxy groups -OCH3 is 1. The minimum absolute atomic E-state index is 0.0707. The Hall–Kier alpha value is -2.42. The van der Waals surface area contributed by atoms with Crippen LogP contribution in [0.4, 0.5) is 4.79 Å². The molecule has 1 aromatic rings. The van der Waals surface area contributed by atoms with E-state index in [2.05, 4.69) is 16.0 Å². The average molecular weight is 450 g/mol. The van der Waals surface area contributed by atoms with E-state index in [0.717, 1.165) is 30.6 Å². The molecule has 2 aliphatic heterocycles. The van der Waals surface area contributed by atoms with Crippen molar-refractivity contribution in [2.75, 3.05) is 19.5 Å². The van der Waals surface area contributed by atoms with Gasteiger partial charge in [-0.15, -0.1) is 0 Å². The largest absolute Gasteiger partial charge is 0.497 e. The summed E-state index contributed by atoms with van der Waals surface area (Å²) in [7, 11) is 1.58. The molecular weight excluding hydrogens is 418 g/mol. The molecule has 1 aromatic carbocycles. The van der Waals surface area contributed by atoms with E-state index in [0.29, 0.717) is 24.0 Å². The van der Waals surface area contributed by atoms with E-state index in [1.54, 1.807) is 14.0 Å². The molecule has 3 amide bonds. The number of fused-ring (bicyclic) bond motifs is 1. The summed E-state index contributed by atoms with van der Waals surface area (Å²) in [5, 5.41) is 9.30. The number of benzene rings is 1. The van der Waals surface area contributed by atoms with E-state index < -0.39 is 6.04 Å². The highest BCUT2D eigenvalue weighted by molar-refractivity contribution is 8.00. The smallest absolute Gasteiger partial charge is 0.315 e.